The molecule has 0 amide bonds. The topological polar surface area (TPSA) is 20.2 Å². The summed E-state index contributed by atoms with van der Waals surface area (Å²) in [6, 6.07) is 0. The fourth-order valence-corrected chi connectivity index (χ4v) is 1.55. The van der Waals surface area contributed by atoms with E-state index in [4.69, 9.17) is 5.11 Å². The molecule has 0 aromatic rings. The van der Waals surface area contributed by atoms with Crippen LogP contribution in [0.1, 0.15) is 26.2 Å². The minimum absolute atomic E-state index is 0.133. The van der Waals surface area contributed by atoms with Crippen LogP contribution >= 0.6 is 0 Å². The SMILES string of the molecule is C=C(CO)C1C=C(C)CCC1. The van der Waals surface area contributed by atoms with Crippen molar-refractivity contribution in [1.29, 1.82) is 0 Å². The van der Waals surface area contributed by atoms with Gasteiger partial charge >= 0.3 is 0 Å². The second-order valence-corrected chi connectivity index (χ2v) is 3.33. The van der Waals surface area contributed by atoms with Gasteiger partial charge in [-0.1, -0.05) is 18.2 Å². The summed E-state index contributed by atoms with van der Waals surface area (Å²) in [6.07, 6.45) is 5.86. The van der Waals surface area contributed by atoms with Crippen molar-refractivity contribution in [1.82, 2.24) is 0 Å². The molecule has 1 aliphatic carbocycles. The molecule has 0 fully saturated rings. The van der Waals surface area contributed by atoms with Crippen LogP contribution in [0.4, 0.5) is 0 Å². The van der Waals surface area contributed by atoms with Crippen molar-refractivity contribution in [2.24, 2.45) is 5.92 Å². The molecule has 0 aromatic heterocycles. The fourth-order valence-electron chi connectivity index (χ4n) is 1.55. The lowest BCUT2D eigenvalue weighted by Crippen LogP contribution is -2.08. The van der Waals surface area contributed by atoms with Crippen LogP contribution in [0.25, 0.3) is 0 Å². The highest BCUT2D eigenvalue weighted by atomic mass is 16.3. The number of aliphatic hydroxyl groups is 1. The summed E-state index contributed by atoms with van der Waals surface area (Å²) >= 11 is 0. The van der Waals surface area contributed by atoms with E-state index in [1.54, 1.807) is 0 Å². The molecule has 62 valence electrons. The molecule has 1 nitrogen and oxygen atoms in total. The Balaban J connectivity index is 2.59. The van der Waals surface area contributed by atoms with Crippen LogP contribution in [0, 0.1) is 5.92 Å². The Morgan fingerprint density at radius 2 is 2.55 bits per heavy atom. The van der Waals surface area contributed by atoms with Crippen molar-refractivity contribution in [2.45, 2.75) is 26.2 Å². The third kappa shape index (κ3) is 2.19. The molecule has 1 unspecified atom stereocenters. The second-order valence-electron chi connectivity index (χ2n) is 3.33. The van der Waals surface area contributed by atoms with Crippen LogP contribution in [0.3, 0.4) is 0 Å². The Morgan fingerprint density at radius 3 is 3.09 bits per heavy atom. The van der Waals surface area contributed by atoms with E-state index in [1.807, 2.05) is 0 Å². The quantitative estimate of drug-likeness (QED) is 0.602. The standard InChI is InChI=1S/C10H16O/c1-8-4-3-5-10(6-8)9(2)7-11/h6,10-11H,2-5,7H2,1H3. The van der Waals surface area contributed by atoms with Gasteiger partial charge in [-0.25, -0.2) is 0 Å². The molecule has 0 saturated heterocycles. The van der Waals surface area contributed by atoms with E-state index in [0.29, 0.717) is 5.92 Å². The Hall–Kier alpha value is -0.560. The number of aliphatic hydroxyl groups excluding tert-OH is 1. The van der Waals surface area contributed by atoms with E-state index in [-0.39, 0.29) is 6.61 Å². The molecule has 11 heavy (non-hydrogen) atoms. The molecule has 1 aliphatic rings. The highest BCUT2D eigenvalue weighted by molar-refractivity contribution is 5.16. The molecule has 0 aliphatic heterocycles. The van der Waals surface area contributed by atoms with Crippen molar-refractivity contribution in [3.8, 4) is 0 Å². The van der Waals surface area contributed by atoms with E-state index in [2.05, 4.69) is 19.6 Å². The Labute approximate surface area is 68.4 Å². The zero-order valence-corrected chi connectivity index (χ0v) is 7.14. The third-order valence-corrected chi connectivity index (χ3v) is 2.30. The van der Waals surface area contributed by atoms with Gasteiger partial charge in [0.25, 0.3) is 0 Å². The van der Waals surface area contributed by atoms with E-state index in [0.717, 1.165) is 12.0 Å². The smallest absolute Gasteiger partial charge is 0.0644 e. The average molecular weight is 152 g/mol. The van der Waals surface area contributed by atoms with E-state index >= 15 is 0 Å². The van der Waals surface area contributed by atoms with Crippen molar-refractivity contribution in [3.05, 3.63) is 23.8 Å². The molecular weight excluding hydrogens is 136 g/mol. The van der Waals surface area contributed by atoms with Crippen LogP contribution in [0.15, 0.2) is 23.8 Å². The zero-order valence-electron chi connectivity index (χ0n) is 7.14. The first-order chi connectivity index (χ1) is 5.24. The summed E-state index contributed by atoms with van der Waals surface area (Å²) in [5.41, 5.74) is 2.40. The molecule has 0 spiro atoms. The first-order valence-corrected chi connectivity index (χ1v) is 4.20. The lowest BCUT2D eigenvalue weighted by molar-refractivity contribution is 0.316. The fraction of sp³-hybridized carbons (Fsp3) is 0.600. The van der Waals surface area contributed by atoms with Gasteiger partial charge in [-0.3, -0.25) is 0 Å². The predicted octanol–water partition coefficient (Wildman–Crippen LogP) is 2.28. The number of rotatable bonds is 2. The van der Waals surface area contributed by atoms with Gasteiger partial charge in [0, 0.05) is 0 Å². The summed E-state index contributed by atoms with van der Waals surface area (Å²) in [4.78, 5) is 0. The lowest BCUT2D eigenvalue weighted by Gasteiger charge is -2.20. The van der Waals surface area contributed by atoms with Crippen LogP contribution < -0.4 is 0 Å². The van der Waals surface area contributed by atoms with Crippen LogP contribution in [-0.4, -0.2) is 11.7 Å². The second kappa shape index (κ2) is 3.72. The Morgan fingerprint density at radius 1 is 1.82 bits per heavy atom. The van der Waals surface area contributed by atoms with Crippen LogP contribution in [-0.2, 0) is 0 Å². The van der Waals surface area contributed by atoms with Crippen molar-refractivity contribution in [3.63, 3.8) is 0 Å². The molecule has 1 rings (SSSR count). The summed E-state index contributed by atoms with van der Waals surface area (Å²) < 4.78 is 0. The summed E-state index contributed by atoms with van der Waals surface area (Å²) in [6.45, 7) is 6.12. The highest BCUT2D eigenvalue weighted by Gasteiger charge is 2.13. The third-order valence-electron chi connectivity index (χ3n) is 2.30. The lowest BCUT2D eigenvalue weighted by atomic mass is 9.87. The van der Waals surface area contributed by atoms with Crippen molar-refractivity contribution in [2.75, 3.05) is 6.61 Å². The van der Waals surface area contributed by atoms with E-state index in [9.17, 15) is 0 Å². The number of allylic oxidation sites excluding steroid dienone is 2. The van der Waals surface area contributed by atoms with Crippen molar-refractivity contribution < 1.29 is 5.11 Å². The zero-order chi connectivity index (χ0) is 8.27. The summed E-state index contributed by atoms with van der Waals surface area (Å²) in [5, 5.41) is 8.84. The van der Waals surface area contributed by atoms with E-state index in [1.165, 1.54) is 18.4 Å². The maximum absolute atomic E-state index is 8.84. The van der Waals surface area contributed by atoms with Gasteiger partial charge in [0.2, 0.25) is 0 Å². The maximum Gasteiger partial charge on any atom is 0.0644 e. The molecule has 0 bridgehead atoms. The first-order valence-electron chi connectivity index (χ1n) is 4.20. The summed E-state index contributed by atoms with van der Waals surface area (Å²) in [5.74, 6) is 0.439. The normalized spacial score (nSPS) is 24.5. The summed E-state index contributed by atoms with van der Waals surface area (Å²) in [7, 11) is 0. The minimum atomic E-state index is 0.133. The Kier molecular flexibility index (Phi) is 2.89. The molecule has 0 heterocycles. The highest BCUT2D eigenvalue weighted by Crippen LogP contribution is 2.26. The van der Waals surface area contributed by atoms with Crippen LogP contribution in [0.2, 0.25) is 0 Å². The number of hydrogen-bond acceptors (Lipinski definition) is 1. The van der Waals surface area contributed by atoms with Crippen molar-refractivity contribution >= 4 is 0 Å². The molecular formula is C10H16O. The van der Waals surface area contributed by atoms with Gasteiger partial charge in [0.05, 0.1) is 6.61 Å². The maximum atomic E-state index is 8.84. The minimum Gasteiger partial charge on any atom is -0.392 e. The first kappa shape index (κ1) is 8.54. The molecule has 0 aromatic carbocycles. The van der Waals surface area contributed by atoms with E-state index < -0.39 is 0 Å². The predicted molar refractivity (Wildman–Crippen MR) is 47.3 cm³/mol. The molecule has 0 radical (unpaired) electrons. The van der Waals surface area contributed by atoms with Gasteiger partial charge < -0.3 is 5.11 Å². The molecule has 0 saturated carbocycles. The number of hydrogen-bond donors (Lipinski definition) is 1. The Bertz CT molecular complexity index is 179. The van der Waals surface area contributed by atoms with Gasteiger partial charge in [-0.15, -0.1) is 0 Å². The average Bonchev–Trinajstić information content (AvgIpc) is 2.03. The largest absolute Gasteiger partial charge is 0.392 e. The van der Waals surface area contributed by atoms with Gasteiger partial charge in [0.1, 0.15) is 0 Å². The molecule has 1 atom stereocenters. The monoisotopic (exact) mass is 152 g/mol. The van der Waals surface area contributed by atoms with Gasteiger partial charge in [-0.05, 0) is 37.7 Å². The van der Waals surface area contributed by atoms with Gasteiger partial charge in [-0.2, -0.15) is 0 Å². The molecule has 1 heteroatoms. The van der Waals surface area contributed by atoms with Crippen LogP contribution in [0.5, 0.6) is 0 Å². The molecule has 1 N–H and O–H groups in total. The van der Waals surface area contributed by atoms with Gasteiger partial charge in [0.15, 0.2) is 0 Å².